The van der Waals surface area contributed by atoms with Gasteiger partial charge in [-0.2, -0.15) is 0 Å². The normalized spacial score (nSPS) is 30.4. The minimum Gasteiger partial charge on any atom is -0.369 e. The van der Waals surface area contributed by atoms with Crippen molar-refractivity contribution in [2.24, 2.45) is 17.2 Å². The molecule has 1 fully saturated rings. The largest absolute Gasteiger partial charge is 0.369 e. The first kappa shape index (κ1) is 13.9. The van der Waals surface area contributed by atoms with Gasteiger partial charge in [0, 0.05) is 12.0 Å². The van der Waals surface area contributed by atoms with Crippen molar-refractivity contribution in [3.05, 3.63) is 0 Å². The lowest BCUT2D eigenvalue weighted by molar-refractivity contribution is -0.0816. The first-order chi connectivity index (χ1) is 6.99. The van der Waals surface area contributed by atoms with Crippen LogP contribution < -0.4 is 11.3 Å². The van der Waals surface area contributed by atoms with Crippen molar-refractivity contribution in [2.75, 3.05) is 0 Å². The van der Waals surface area contributed by atoms with Crippen LogP contribution in [0.15, 0.2) is 0 Å². The number of ether oxygens (including phenoxy) is 1. The maximum atomic E-state index is 6.13. The van der Waals surface area contributed by atoms with Gasteiger partial charge in [-0.05, 0) is 39.5 Å². The predicted octanol–water partition coefficient (Wildman–Crippen LogP) is 2.46. The summed E-state index contributed by atoms with van der Waals surface area (Å²) in [5, 5.41) is 0. The van der Waals surface area contributed by atoms with Gasteiger partial charge in [-0.1, -0.05) is 20.8 Å². The van der Waals surface area contributed by atoms with Gasteiger partial charge in [-0.15, -0.1) is 0 Å². The van der Waals surface area contributed by atoms with E-state index >= 15 is 0 Å². The van der Waals surface area contributed by atoms with E-state index in [1.807, 2.05) is 0 Å². The van der Waals surface area contributed by atoms with Crippen molar-refractivity contribution >= 4 is 0 Å². The minimum absolute atomic E-state index is 0.0471. The molecule has 3 N–H and O–H groups in total. The summed E-state index contributed by atoms with van der Waals surface area (Å²) in [4.78, 5) is 0. The van der Waals surface area contributed by atoms with E-state index in [1.54, 1.807) is 0 Å². The summed E-state index contributed by atoms with van der Waals surface area (Å²) in [6.45, 7) is 15.3. The zero-order chi connectivity index (χ0) is 12.8. The highest BCUT2D eigenvalue weighted by molar-refractivity contribution is 5.02. The molecular weight excluding hydrogens is 200 g/mol. The van der Waals surface area contributed by atoms with Gasteiger partial charge in [0.25, 0.3) is 0 Å². The molecule has 3 heteroatoms. The Bertz CT molecular complexity index is 253. The third-order valence-corrected chi connectivity index (χ3v) is 3.66. The van der Waals surface area contributed by atoms with E-state index < -0.39 is 0 Å². The van der Waals surface area contributed by atoms with Crippen LogP contribution in [0.2, 0.25) is 0 Å². The van der Waals surface area contributed by atoms with Gasteiger partial charge in [0.05, 0.1) is 11.2 Å². The maximum absolute atomic E-state index is 6.13. The summed E-state index contributed by atoms with van der Waals surface area (Å²) in [6.07, 6.45) is 1.05. The molecule has 0 bridgehead atoms. The zero-order valence-electron chi connectivity index (χ0n) is 11.8. The number of hydrogen-bond donors (Lipinski definition) is 2. The molecule has 0 radical (unpaired) electrons. The monoisotopic (exact) mass is 228 g/mol. The third kappa shape index (κ3) is 2.76. The second-order valence-corrected chi connectivity index (χ2v) is 7.29. The van der Waals surface area contributed by atoms with Crippen LogP contribution in [0, 0.1) is 11.3 Å². The highest BCUT2D eigenvalue weighted by Crippen LogP contribution is 2.46. The summed E-state index contributed by atoms with van der Waals surface area (Å²) in [5.74, 6) is 6.18. The average molecular weight is 228 g/mol. The topological polar surface area (TPSA) is 47.3 Å². The van der Waals surface area contributed by atoms with Crippen LogP contribution in [-0.2, 0) is 4.74 Å². The molecule has 0 spiro atoms. The number of hydrogen-bond acceptors (Lipinski definition) is 3. The molecule has 1 heterocycles. The molecule has 1 aliphatic rings. The molecule has 0 aromatic carbocycles. The van der Waals surface area contributed by atoms with E-state index in [1.165, 1.54) is 0 Å². The lowest BCUT2D eigenvalue weighted by Crippen LogP contribution is -2.53. The Labute approximate surface area is 100 Å². The lowest BCUT2D eigenvalue weighted by atomic mass is 9.71. The molecule has 2 atom stereocenters. The maximum Gasteiger partial charge on any atom is 0.0678 e. The summed E-state index contributed by atoms with van der Waals surface area (Å²) < 4.78 is 6.13. The van der Waals surface area contributed by atoms with Crippen molar-refractivity contribution in [1.29, 1.82) is 0 Å². The molecule has 3 nitrogen and oxygen atoms in total. The Morgan fingerprint density at radius 1 is 1.25 bits per heavy atom. The molecular formula is C13H28N2O. The van der Waals surface area contributed by atoms with E-state index in [0.29, 0.717) is 5.92 Å². The minimum atomic E-state index is -0.117. The summed E-state index contributed by atoms with van der Waals surface area (Å²) >= 11 is 0. The van der Waals surface area contributed by atoms with Crippen LogP contribution >= 0.6 is 0 Å². The Kier molecular flexibility index (Phi) is 3.46. The number of nitrogens with two attached hydrogens (primary N) is 1. The smallest absolute Gasteiger partial charge is 0.0678 e. The van der Waals surface area contributed by atoms with Gasteiger partial charge in [0.1, 0.15) is 0 Å². The van der Waals surface area contributed by atoms with Gasteiger partial charge < -0.3 is 4.74 Å². The van der Waals surface area contributed by atoms with Crippen molar-refractivity contribution in [2.45, 2.75) is 72.1 Å². The summed E-state index contributed by atoms with van der Waals surface area (Å²) in [5.41, 5.74) is 2.97. The third-order valence-electron chi connectivity index (χ3n) is 3.66. The Balaban J connectivity index is 2.95. The standard InChI is InChI=1S/C13H28N2O/c1-11(2,3)10(15-14)9-8-12(4,5)16-13(9,6)7/h9-10,15H,8,14H2,1-7H3. The van der Waals surface area contributed by atoms with E-state index in [2.05, 4.69) is 53.9 Å². The van der Waals surface area contributed by atoms with Gasteiger partial charge in [-0.3, -0.25) is 11.3 Å². The van der Waals surface area contributed by atoms with Gasteiger partial charge >= 0.3 is 0 Å². The van der Waals surface area contributed by atoms with Crippen molar-refractivity contribution in [3.8, 4) is 0 Å². The van der Waals surface area contributed by atoms with Crippen LogP contribution in [-0.4, -0.2) is 17.2 Å². The Morgan fingerprint density at radius 3 is 2.00 bits per heavy atom. The Morgan fingerprint density at radius 2 is 1.75 bits per heavy atom. The quantitative estimate of drug-likeness (QED) is 0.564. The number of hydrazine groups is 1. The van der Waals surface area contributed by atoms with Gasteiger partial charge in [-0.25, -0.2) is 0 Å². The zero-order valence-corrected chi connectivity index (χ0v) is 11.8. The molecule has 0 saturated carbocycles. The fourth-order valence-electron chi connectivity index (χ4n) is 3.09. The van der Waals surface area contributed by atoms with E-state index in [0.717, 1.165) is 6.42 Å². The number of nitrogens with one attached hydrogen (secondary N) is 1. The summed E-state index contributed by atoms with van der Waals surface area (Å²) in [6, 6.07) is 0.268. The first-order valence-electron chi connectivity index (χ1n) is 6.16. The fraction of sp³-hybridized carbons (Fsp3) is 1.00. The second kappa shape index (κ2) is 3.97. The number of rotatable bonds is 2. The molecule has 2 unspecified atom stereocenters. The van der Waals surface area contributed by atoms with Crippen LogP contribution in [0.25, 0.3) is 0 Å². The van der Waals surface area contributed by atoms with Crippen LogP contribution in [0.5, 0.6) is 0 Å². The average Bonchev–Trinajstić information content (AvgIpc) is 2.17. The highest BCUT2D eigenvalue weighted by atomic mass is 16.5. The van der Waals surface area contributed by atoms with E-state index in [4.69, 9.17) is 10.6 Å². The first-order valence-corrected chi connectivity index (χ1v) is 6.16. The summed E-state index contributed by atoms with van der Waals surface area (Å²) in [7, 11) is 0. The molecule has 1 saturated heterocycles. The predicted molar refractivity (Wildman–Crippen MR) is 67.9 cm³/mol. The van der Waals surface area contributed by atoms with Crippen molar-refractivity contribution in [3.63, 3.8) is 0 Å². The molecule has 0 aromatic rings. The van der Waals surface area contributed by atoms with Crippen LogP contribution in [0.1, 0.15) is 54.9 Å². The molecule has 16 heavy (non-hydrogen) atoms. The highest BCUT2D eigenvalue weighted by Gasteiger charge is 2.51. The van der Waals surface area contributed by atoms with Gasteiger partial charge in [0.2, 0.25) is 0 Å². The fourth-order valence-corrected chi connectivity index (χ4v) is 3.09. The SMILES string of the molecule is CC1(C)CC(C(NN)C(C)(C)C)C(C)(C)O1. The van der Waals surface area contributed by atoms with E-state index in [9.17, 15) is 0 Å². The molecule has 0 aliphatic carbocycles. The lowest BCUT2D eigenvalue weighted by Gasteiger charge is -2.40. The van der Waals surface area contributed by atoms with Gasteiger partial charge in [0.15, 0.2) is 0 Å². The molecule has 0 aromatic heterocycles. The molecule has 1 aliphatic heterocycles. The van der Waals surface area contributed by atoms with Crippen LogP contribution in [0.4, 0.5) is 0 Å². The second-order valence-electron chi connectivity index (χ2n) is 7.29. The van der Waals surface area contributed by atoms with Crippen LogP contribution in [0.3, 0.4) is 0 Å². The molecule has 96 valence electrons. The van der Waals surface area contributed by atoms with Crippen molar-refractivity contribution < 1.29 is 4.74 Å². The molecule has 1 rings (SSSR count). The van der Waals surface area contributed by atoms with Crippen molar-refractivity contribution in [1.82, 2.24) is 5.43 Å². The van der Waals surface area contributed by atoms with E-state index in [-0.39, 0.29) is 22.7 Å². The Hall–Kier alpha value is -0.120. The molecule has 0 amide bonds.